The van der Waals surface area contributed by atoms with Crippen molar-refractivity contribution in [3.05, 3.63) is 42.2 Å². The van der Waals surface area contributed by atoms with Crippen LogP contribution in [0.15, 0.2) is 41.6 Å². The van der Waals surface area contributed by atoms with Gasteiger partial charge >= 0.3 is 0 Å². The van der Waals surface area contributed by atoms with Crippen LogP contribution < -0.4 is 0 Å². The van der Waals surface area contributed by atoms with Crippen molar-refractivity contribution in [3.8, 4) is 0 Å². The molecular weight excluding hydrogens is 342 g/mol. The van der Waals surface area contributed by atoms with Gasteiger partial charge in [-0.3, -0.25) is 4.79 Å². The first kappa shape index (κ1) is 16.2. The molecule has 9 heteroatoms. The van der Waals surface area contributed by atoms with Gasteiger partial charge in [-0.05, 0) is 37.1 Å². The molecule has 25 heavy (non-hydrogen) atoms. The first-order chi connectivity index (χ1) is 12.1. The number of carbonyl (C=O) groups is 1. The lowest BCUT2D eigenvalue weighted by Gasteiger charge is -2.38. The summed E-state index contributed by atoms with van der Waals surface area (Å²) in [5.41, 5.74) is 0.498. The van der Waals surface area contributed by atoms with E-state index >= 15 is 0 Å². The van der Waals surface area contributed by atoms with Crippen LogP contribution in [0.5, 0.6) is 0 Å². The highest BCUT2D eigenvalue weighted by molar-refractivity contribution is 7.89. The molecule has 2 aromatic rings. The van der Waals surface area contributed by atoms with E-state index in [0.717, 1.165) is 12.8 Å². The van der Waals surface area contributed by atoms with Crippen LogP contribution in [0.4, 0.5) is 0 Å². The molecule has 4 rings (SSSR count). The second-order valence-electron chi connectivity index (χ2n) is 6.38. The first-order valence-electron chi connectivity index (χ1n) is 8.31. The van der Waals surface area contributed by atoms with E-state index in [1.165, 1.54) is 16.4 Å². The molecule has 0 atom stereocenters. The summed E-state index contributed by atoms with van der Waals surface area (Å²) < 4.78 is 28.3. The van der Waals surface area contributed by atoms with Crippen molar-refractivity contribution in [3.63, 3.8) is 0 Å². The van der Waals surface area contributed by atoms with Crippen LogP contribution >= 0.6 is 0 Å². The van der Waals surface area contributed by atoms with Crippen LogP contribution in [-0.4, -0.2) is 64.7 Å². The van der Waals surface area contributed by atoms with E-state index in [1.807, 2.05) is 0 Å². The van der Waals surface area contributed by atoms with Crippen molar-refractivity contribution in [2.24, 2.45) is 0 Å². The van der Waals surface area contributed by atoms with E-state index in [9.17, 15) is 13.2 Å². The maximum Gasteiger partial charge on any atom is 0.254 e. The van der Waals surface area contributed by atoms with Crippen molar-refractivity contribution < 1.29 is 13.2 Å². The number of carbonyl (C=O) groups excluding carboxylic acids is 1. The van der Waals surface area contributed by atoms with Crippen LogP contribution in [-0.2, 0) is 10.0 Å². The third-order valence-electron chi connectivity index (χ3n) is 4.77. The summed E-state index contributed by atoms with van der Waals surface area (Å²) in [7, 11) is -3.44. The quantitative estimate of drug-likeness (QED) is 0.802. The zero-order chi connectivity index (χ0) is 17.4. The lowest BCUT2D eigenvalue weighted by Crippen LogP contribution is -2.50. The van der Waals surface area contributed by atoms with E-state index in [2.05, 4.69) is 10.3 Å². The van der Waals surface area contributed by atoms with E-state index in [4.69, 9.17) is 0 Å². The maximum atomic E-state index is 12.5. The zero-order valence-electron chi connectivity index (χ0n) is 13.7. The molecule has 3 heterocycles. The van der Waals surface area contributed by atoms with Crippen LogP contribution in [0.3, 0.4) is 0 Å². The van der Waals surface area contributed by atoms with Gasteiger partial charge in [0, 0.05) is 37.9 Å². The summed E-state index contributed by atoms with van der Waals surface area (Å²) in [4.78, 5) is 14.4. The number of amides is 1. The fourth-order valence-electron chi connectivity index (χ4n) is 3.23. The van der Waals surface area contributed by atoms with E-state index in [-0.39, 0.29) is 16.8 Å². The average Bonchev–Trinajstić information content (AvgIpc) is 3.27. The smallest absolute Gasteiger partial charge is 0.254 e. The number of hydrogen-bond acceptors (Lipinski definition) is 5. The number of likely N-dealkylation sites (tertiary alicyclic amines) is 1. The second kappa shape index (κ2) is 6.23. The third-order valence-corrected chi connectivity index (χ3v) is 6.68. The molecule has 0 spiro atoms. The Hall–Kier alpha value is -2.26. The predicted octanol–water partition coefficient (Wildman–Crippen LogP) is 0.760. The molecule has 2 aliphatic heterocycles. The molecule has 0 N–H and O–H groups in total. The fourth-order valence-corrected chi connectivity index (χ4v) is 4.75. The topological polar surface area (TPSA) is 88.4 Å². The number of sulfonamides is 1. The molecular formula is C16H19N5O3S. The van der Waals surface area contributed by atoms with Crippen LogP contribution in [0.2, 0.25) is 0 Å². The van der Waals surface area contributed by atoms with Crippen molar-refractivity contribution in [1.29, 1.82) is 0 Å². The monoisotopic (exact) mass is 361 g/mol. The molecule has 0 bridgehead atoms. The zero-order valence-corrected chi connectivity index (χ0v) is 14.5. The molecule has 8 nitrogen and oxygen atoms in total. The molecule has 2 saturated heterocycles. The van der Waals surface area contributed by atoms with Crippen LogP contribution in [0.25, 0.3) is 0 Å². The van der Waals surface area contributed by atoms with E-state index in [0.29, 0.717) is 31.7 Å². The van der Waals surface area contributed by atoms with Gasteiger partial charge in [0.15, 0.2) is 0 Å². The van der Waals surface area contributed by atoms with Crippen molar-refractivity contribution in [1.82, 2.24) is 24.2 Å². The summed E-state index contributed by atoms with van der Waals surface area (Å²) >= 11 is 0. The Bertz CT molecular complexity index is 852. The van der Waals surface area contributed by atoms with E-state index < -0.39 is 10.0 Å². The highest BCUT2D eigenvalue weighted by atomic mass is 32.2. The Morgan fingerprint density at radius 1 is 1.08 bits per heavy atom. The SMILES string of the molecule is O=C(c1ccc(S(=O)(=O)N2CCCC2)cc1)N1CC(n2ccnn2)C1. The van der Waals surface area contributed by atoms with Gasteiger partial charge < -0.3 is 4.90 Å². The Morgan fingerprint density at radius 3 is 2.36 bits per heavy atom. The lowest BCUT2D eigenvalue weighted by atomic mass is 10.1. The summed E-state index contributed by atoms with van der Waals surface area (Å²) in [6.45, 7) is 2.30. The Kier molecular flexibility index (Phi) is 4.04. The van der Waals surface area contributed by atoms with Gasteiger partial charge in [0.25, 0.3) is 5.91 Å². The molecule has 132 valence electrons. The highest BCUT2D eigenvalue weighted by Crippen LogP contribution is 2.24. The van der Waals surface area contributed by atoms with Crippen molar-refractivity contribution >= 4 is 15.9 Å². The predicted molar refractivity (Wildman–Crippen MR) is 89.4 cm³/mol. The highest BCUT2D eigenvalue weighted by Gasteiger charge is 2.33. The van der Waals surface area contributed by atoms with Gasteiger partial charge in [0.2, 0.25) is 10.0 Å². The fraction of sp³-hybridized carbons (Fsp3) is 0.438. The summed E-state index contributed by atoms with van der Waals surface area (Å²) in [5.74, 6) is -0.0958. The molecule has 1 amide bonds. The molecule has 0 unspecified atom stereocenters. The number of nitrogens with zero attached hydrogens (tertiary/aromatic N) is 5. The minimum absolute atomic E-state index is 0.0958. The molecule has 0 aliphatic carbocycles. The number of hydrogen-bond donors (Lipinski definition) is 0. The first-order valence-corrected chi connectivity index (χ1v) is 9.75. The van der Waals surface area contributed by atoms with Gasteiger partial charge in [0.1, 0.15) is 0 Å². The van der Waals surface area contributed by atoms with Crippen molar-refractivity contribution in [2.75, 3.05) is 26.2 Å². The molecule has 2 aliphatic rings. The number of aromatic nitrogens is 3. The Labute approximate surface area is 146 Å². The minimum Gasteiger partial charge on any atom is -0.334 e. The van der Waals surface area contributed by atoms with Gasteiger partial charge in [-0.25, -0.2) is 13.1 Å². The van der Waals surface area contributed by atoms with Gasteiger partial charge in [-0.15, -0.1) is 5.10 Å². The normalized spacial score (nSPS) is 19.1. The third kappa shape index (κ3) is 2.93. The van der Waals surface area contributed by atoms with Gasteiger partial charge in [-0.2, -0.15) is 4.31 Å². The molecule has 2 fully saturated rings. The lowest BCUT2D eigenvalue weighted by molar-refractivity contribution is 0.0498. The number of benzene rings is 1. The largest absolute Gasteiger partial charge is 0.334 e. The standard InChI is InChI=1S/C16H19N5O3S/c22-16(19-11-14(12-19)21-10-7-17-18-21)13-3-5-15(6-4-13)25(23,24)20-8-1-2-9-20/h3-7,10,14H,1-2,8-9,11-12H2. The summed E-state index contributed by atoms with van der Waals surface area (Å²) in [5, 5.41) is 7.71. The Morgan fingerprint density at radius 2 is 1.76 bits per heavy atom. The van der Waals surface area contributed by atoms with Crippen LogP contribution in [0.1, 0.15) is 29.2 Å². The molecule has 0 saturated carbocycles. The van der Waals surface area contributed by atoms with Gasteiger partial charge in [0.05, 0.1) is 17.1 Å². The van der Waals surface area contributed by atoms with Crippen LogP contribution in [0, 0.1) is 0 Å². The molecule has 1 aromatic carbocycles. The Balaban J connectivity index is 1.43. The number of rotatable bonds is 4. The molecule has 1 aromatic heterocycles. The maximum absolute atomic E-state index is 12.5. The summed E-state index contributed by atoms with van der Waals surface area (Å²) in [6.07, 6.45) is 5.20. The molecule has 0 radical (unpaired) electrons. The second-order valence-corrected chi connectivity index (χ2v) is 8.32. The minimum atomic E-state index is -3.44. The van der Waals surface area contributed by atoms with E-state index in [1.54, 1.807) is 34.1 Å². The summed E-state index contributed by atoms with van der Waals surface area (Å²) in [6, 6.07) is 6.38. The van der Waals surface area contributed by atoms with Gasteiger partial charge in [-0.1, -0.05) is 5.21 Å². The average molecular weight is 361 g/mol. The van der Waals surface area contributed by atoms with Crippen molar-refractivity contribution in [2.45, 2.75) is 23.8 Å².